The summed E-state index contributed by atoms with van der Waals surface area (Å²) in [6.45, 7) is 0. The molecular weight excluding hydrogens is 416 g/mol. The molecule has 0 aliphatic heterocycles. The molecule has 0 spiro atoms. The average molecular weight is 437 g/mol. The Labute approximate surface area is 190 Å². The summed E-state index contributed by atoms with van der Waals surface area (Å²) in [6.07, 6.45) is 0. The number of nitrogens with zero attached hydrogens (tertiary/aromatic N) is 3. The van der Waals surface area contributed by atoms with Gasteiger partial charge in [0.15, 0.2) is 5.82 Å². The Bertz CT molecular complexity index is 1300. The zero-order valence-electron chi connectivity index (χ0n) is 17.4. The van der Waals surface area contributed by atoms with Crippen molar-refractivity contribution >= 4 is 22.8 Å². The van der Waals surface area contributed by atoms with Crippen LogP contribution in [0.3, 0.4) is 0 Å². The van der Waals surface area contributed by atoms with Gasteiger partial charge < -0.3 is 10.1 Å². The van der Waals surface area contributed by atoms with E-state index in [4.69, 9.17) is 9.72 Å². The number of nitrogens with one attached hydrogen (secondary N) is 1. The van der Waals surface area contributed by atoms with Crippen molar-refractivity contribution in [2.45, 2.75) is 0 Å². The van der Waals surface area contributed by atoms with Crippen molar-refractivity contribution in [1.82, 2.24) is 15.2 Å². The third kappa shape index (κ3) is 4.36. The SMILES string of the molecule is COc1ccc(-c2ccc(Nc3ccc(-c4csc(-c5ccccc5)n4)cc3)nn2)cc1. The summed E-state index contributed by atoms with van der Waals surface area (Å²) in [7, 11) is 1.65. The minimum absolute atomic E-state index is 0.690. The number of thiazole rings is 1. The Morgan fingerprint density at radius 2 is 1.41 bits per heavy atom. The first-order chi connectivity index (χ1) is 15.8. The second-order valence-corrected chi connectivity index (χ2v) is 8.00. The van der Waals surface area contributed by atoms with E-state index < -0.39 is 0 Å². The minimum atomic E-state index is 0.690. The maximum Gasteiger partial charge on any atom is 0.153 e. The summed E-state index contributed by atoms with van der Waals surface area (Å²) in [5.74, 6) is 1.51. The Hall–Kier alpha value is -4.03. The molecule has 0 saturated heterocycles. The number of ether oxygens (including phenoxy) is 1. The number of anilines is 2. The molecule has 0 fully saturated rings. The second kappa shape index (κ2) is 8.99. The molecule has 32 heavy (non-hydrogen) atoms. The Kier molecular flexibility index (Phi) is 5.59. The molecule has 0 atom stereocenters. The van der Waals surface area contributed by atoms with Crippen LogP contribution in [0.25, 0.3) is 33.1 Å². The van der Waals surface area contributed by atoms with Crippen molar-refractivity contribution in [3.8, 4) is 38.8 Å². The van der Waals surface area contributed by atoms with Crippen LogP contribution in [0.4, 0.5) is 11.5 Å². The summed E-state index contributed by atoms with van der Waals surface area (Å²) in [5, 5.41) is 15.1. The molecule has 6 heteroatoms. The number of benzene rings is 3. The maximum atomic E-state index is 5.20. The lowest BCUT2D eigenvalue weighted by atomic mass is 10.1. The Morgan fingerprint density at radius 1 is 0.688 bits per heavy atom. The van der Waals surface area contributed by atoms with Crippen LogP contribution in [0.2, 0.25) is 0 Å². The van der Waals surface area contributed by atoms with Crippen molar-refractivity contribution in [3.05, 3.63) is 96.4 Å². The Morgan fingerprint density at radius 3 is 2.09 bits per heavy atom. The molecule has 0 radical (unpaired) electrons. The van der Waals surface area contributed by atoms with Crippen LogP contribution in [0.15, 0.2) is 96.4 Å². The molecule has 3 aromatic carbocycles. The van der Waals surface area contributed by atoms with Gasteiger partial charge in [-0.15, -0.1) is 21.5 Å². The highest BCUT2D eigenvalue weighted by Crippen LogP contribution is 2.29. The van der Waals surface area contributed by atoms with Crippen molar-refractivity contribution in [1.29, 1.82) is 0 Å². The van der Waals surface area contributed by atoms with Gasteiger partial charge in [-0.2, -0.15) is 0 Å². The molecule has 156 valence electrons. The molecule has 2 aromatic heterocycles. The van der Waals surface area contributed by atoms with Crippen LogP contribution in [0.1, 0.15) is 0 Å². The Balaban J connectivity index is 1.27. The van der Waals surface area contributed by atoms with Gasteiger partial charge in [0.05, 0.1) is 18.5 Å². The third-order valence-corrected chi connectivity index (χ3v) is 5.92. The van der Waals surface area contributed by atoms with E-state index in [1.807, 2.05) is 66.7 Å². The first kappa shape index (κ1) is 19.9. The zero-order chi connectivity index (χ0) is 21.8. The summed E-state index contributed by atoms with van der Waals surface area (Å²) in [5.41, 5.74) is 5.94. The van der Waals surface area contributed by atoms with E-state index in [-0.39, 0.29) is 0 Å². The van der Waals surface area contributed by atoms with Gasteiger partial charge >= 0.3 is 0 Å². The zero-order valence-corrected chi connectivity index (χ0v) is 18.2. The van der Waals surface area contributed by atoms with Crippen LogP contribution in [-0.4, -0.2) is 22.3 Å². The van der Waals surface area contributed by atoms with Gasteiger partial charge in [-0.1, -0.05) is 42.5 Å². The lowest BCUT2D eigenvalue weighted by Crippen LogP contribution is -1.96. The van der Waals surface area contributed by atoms with E-state index in [9.17, 15) is 0 Å². The van der Waals surface area contributed by atoms with Crippen molar-refractivity contribution in [3.63, 3.8) is 0 Å². The van der Waals surface area contributed by atoms with E-state index in [1.165, 1.54) is 0 Å². The van der Waals surface area contributed by atoms with Crippen LogP contribution in [-0.2, 0) is 0 Å². The highest BCUT2D eigenvalue weighted by molar-refractivity contribution is 7.13. The fourth-order valence-electron chi connectivity index (χ4n) is 3.31. The van der Waals surface area contributed by atoms with Crippen LogP contribution in [0, 0.1) is 0 Å². The van der Waals surface area contributed by atoms with Crippen molar-refractivity contribution in [2.75, 3.05) is 12.4 Å². The molecule has 0 amide bonds. The summed E-state index contributed by atoms with van der Waals surface area (Å²) >= 11 is 1.65. The van der Waals surface area contributed by atoms with Crippen LogP contribution >= 0.6 is 11.3 Å². The molecule has 5 aromatic rings. The second-order valence-electron chi connectivity index (χ2n) is 7.14. The summed E-state index contributed by atoms with van der Waals surface area (Å²) < 4.78 is 5.20. The summed E-state index contributed by atoms with van der Waals surface area (Å²) in [6, 6.07) is 30.0. The number of hydrogen-bond acceptors (Lipinski definition) is 6. The largest absolute Gasteiger partial charge is 0.497 e. The average Bonchev–Trinajstić information content (AvgIpc) is 3.36. The van der Waals surface area contributed by atoms with Gasteiger partial charge in [0.1, 0.15) is 10.8 Å². The molecule has 0 bridgehead atoms. The molecule has 5 nitrogen and oxygen atoms in total. The van der Waals surface area contributed by atoms with Gasteiger partial charge in [-0.3, -0.25) is 0 Å². The van der Waals surface area contributed by atoms with Gasteiger partial charge in [0.25, 0.3) is 0 Å². The van der Waals surface area contributed by atoms with Gasteiger partial charge in [0, 0.05) is 27.8 Å². The van der Waals surface area contributed by atoms with Crippen molar-refractivity contribution in [2.24, 2.45) is 0 Å². The highest BCUT2D eigenvalue weighted by atomic mass is 32.1. The first-order valence-corrected chi connectivity index (χ1v) is 11.0. The van der Waals surface area contributed by atoms with Crippen molar-refractivity contribution < 1.29 is 4.74 Å². The number of aromatic nitrogens is 3. The molecule has 5 rings (SSSR count). The lowest BCUT2D eigenvalue weighted by Gasteiger charge is -2.07. The fraction of sp³-hybridized carbons (Fsp3) is 0.0385. The van der Waals surface area contributed by atoms with E-state index in [2.05, 4.69) is 45.2 Å². The molecular formula is C26H20N4OS. The van der Waals surface area contributed by atoms with Gasteiger partial charge in [-0.05, 0) is 48.5 Å². The number of hydrogen-bond donors (Lipinski definition) is 1. The number of methoxy groups -OCH3 is 1. The van der Waals surface area contributed by atoms with E-state index in [0.29, 0.717) is 5.82 Å². The normalized spacial score (nSPS) is 10.7. The first-order valence-electron chi connectivity index (χ1n) is 10.1. The molecule has 2 heterocycles. The maximum absolute atomic E-state index is 5.20. The molecule has 0 saturated carbocycles. The number of rotatable bonds is 6. The minimum Gasteiger partial charge on any atom is -0.497 e. The standard InChI is InChI=1S/C26H20N4OS/c1-31-22-13-9-18(10-14-22)23-15-16-25(30-29-23)27-21-11-7-19(8-12-21)24-17-32-26(28-24)20-5-3-2-4-6-20/h2-17H,1H3,(H,27,30). The lowest BCUT2D eigenvalue weighted by molar-refractivity contribution is 0.415. The monoisotopic (exact) mass is 436 g/mol. The van der Waals surface area contributed by atoms with E-state index in [1.54, 1.807) is 18.4 Å². The third-order valence-electron chi connectivity index (χ3n) is 5.03. The predicted molar refractivity (Wildman–Crippen MR) is 130 cm³/mol. The summed E-state index contributed by atoms with van der Waals surface area (Å²) in [4.78, 5) is 4.78. The van der Waals surface area contributed by atoms with E-state index >= 15 is 0 Å². The molecule has 1 N–H and O–H groups in total. The topological polar surface area (TPSA) is 59.9 Å². The van der Waals surface area contributed by atoms with Crippen LogP contribution in [0.5, 0.6) is 5.75 Å². The van der Waals surface area contributed by atoms with E-state index in [0.717, 1.165) is 44.5 Å². The fourth-order valence-corrected chi connectivity index (χ4v) is 4.14. The van der Waals surface area contributed by atoms with Gasteiger partial charge in [-0.25, -0.2) is 4.98 Å². The molecule has 0 unspecified atom stereocenters. The van der Waals surface area contributed by atoms with Gasteiger partial charge in [0.2, 0.25) is 0 Å². The predicted octanol–water partition coefficient (Wildman–Crippen LogP) is 6.69. The molecule has 0 aliphatic rings. The molecule has 0 aliphatic carbocycles. The van der Waals surface area contributed by atoms with Crippen LogP contribution < -0.4 is 10.1 Å². The highest BCUT2D eigenvalue weighted by Gasteiger charge is 2.07. The quantitative estimate of drug-likeness (QED) is 0.321. The smallest absolute Gasteiger partial charge is 0.153 e.